The molecule has 2 heterocycles. The van der Waals surface area contributed by atoms with Gasteiger partial charge in [0, 0.05) is 32.4 Å². The van der Waals surface area contributed by atoms with E-state index in [0.717, 1.165) is 26.2 Å². The van der Waals surface area contributed by atoms with Gasteiger partial charge in [-0.2, -0.15) is 0 Å². The van der Waals surface area contributed by atoms with Crippen LogP contribution in [-0.2, 0) is 13.1 Å². The van der Waals surface area contributed by atoms with E-state index in [1.807, 2.05) is 12.5 Å². The summed E-state index contributed by atoms with van der Waals surface area (Å²) in [4.78, 5) is 9.18. The average molecular weight is 320 g/mol. The SMILES string of the molecule is CN(C)CC1CN(Cc2cccc3ccccc23)Cc2cncn21. The second kappa shape index (κ2) is 6.38. The Bertz CT molecular complexity index is 831. The highest BCUT2D eigenvalue weighted by molar-refractivity contribution is 5.85. The van der Waals surface area contributed by atoms with E-state index in [1.165, 1.54) is 22.0 Å². The van der Waals surface area contributed by atoms with Crippen LogP contribution in [0.2, 0.25) is 0 Å². The zero-order valence-electron chi connectivity index (χ0n) is 14.4. The van der Waals surface area contributed by atoms with Gasteiger partial charge in [0.1, 0.15) is 0 Å². The van der Waals surface area contributed by atoms with E-state index in [0.29, 0.717) is 6.04 Å². The highest BCUT2D eigenvalue weighted by Crippen LogP contribution is 2.25. The molecular weight excluding hydrogens is 296 g/mol. The van der Waals surface area contributed by atoms with Crippen molar-refractivity contribution in [1.82, 2.24) is 19.4 Å². The molecule has 0 amide bonds. The zero-order chi connectivity index (χ0) is 16.5. The number of hydrogen-bond acceptors (Lipinski definition) is 3. The quantitative estimate of drug-likeness (QED) is 0.738. The van der Waals surface area contributed by atoms with Crippen LogP contribution < -0.4 is 0 Å². The number of aromatic nitrogens is 2. The Morgan fingerprint density at radius 1 is 1.12 bits per heavy atom. The summed E-state index contributed by atoms with van der Waals surface area (Å²) >= 11 is 0. The third-order valence-corrected chi connectivity index (χ3v) is 4.84. The molecule has 1 aliphatic rings. The summed E-state index contributed by atoms with van der Waals surface area (Å²) in [6.45, 7) is 4.05. The van der Waals surface area contributed by atoms with Crippen LogP contribution in [0.15, 0.2) is 55.0 Å². The number of likely N-dealkylation sites (N-methyl/N-ethyl adjacent to an activating group) is 1. The van der Waals surface area contributed by atoms with Crippen molar-refractivity contribution >= 4 is 10.8 Å². The Balaban J connectivity index is 1.61. The molecule has 4 rings (SSSR count). The first kappa shape index (κ1) is 15.4. The smallest absolute Gasteiger partial charge is 0.0952 e. The van der Waals surface area contributed by atoms with E-state index in [2.05, 4.69) is 75.9 Å². The first-order valence-electron chi connectivity index (χ1n) is 8.55. The molecule has 24 heavy (non-hydrogen) atoms. The molecule has 0 spiro atoms. The molecule has 4 nitrogen and oxygen atoms in total. The van der Waals surface area contributed by atoms with E-state index >= 15 is 0 Å². The monoisotopic (exact) mass is 320 g/mol. The Hall–Kier alpha value is -2.17. The number of rotatable bonds is 4. The fourth-order valence-corrected chi connectivity index (χ4v) is 3.82. The number of hydrogen-bond donors (Lipinski definition) is 0. The van der Waals surface area contributed by atoms with Crippen LogP contribution in [0.1, 0.15) is 17.3 Å². The predicted molar refractivity (Wildman–Crippen MR) is 97.9 cm³/mol. The molecule has 1 aromatic heterocycles. The molecule has 0 fully saturated rings. The summed E-state index contributed by atoms with van der Waals surface area (Å²) in [5, 5.41) is 2.69. The molecule has 3 aromatic rings. The van der Waals surface area contributed by atoms with Crippen molar-refractivity contribution < 1.29 is 0 Å². The van der Waals surface area contributed by atoms with Crippen molar-refractivity contribution in [3.8, 4) is 0 Å². The third kappa shape index (κ3) is 2.95. The number of benzene rings is 2. The number of fused-ring (bicyclic) bond motifs is 2. The predicted octanol–water partition coefficient (Wildman–Crippen LogP) is 3.15. The Morgan fingerprint density at radius 3 is 2.83 bits per heavy atom. The summed E-state index contributed by atoms with van der Waals surface area (Å²) < 4.78 is 2.35. The van der Waals surface area contributed by atoms with Gasteiger partial charge in [0.15, 0.2) is 0 Å². The lowest BCUT2D eigenvalue weighted by molar-refractivity contribution is 0.156. The molecule has 0 saturated heterocycles. The lowest BCUT2D eigenvalue weighted by atomic mass is 10.0. The van der Waals surface area contributed by atoms with Gasteiger partial charge in [-0.3, -0.25) is 4.90 Å². The van der Waals surface area contributed by atoms with Crippen LogP contribution in [-0.4, -0.2) is 46.5 Å². The third-order valence-electron chi connectivity index (χ3n) is 4.84. The van der Waals surface area contributed by atoms with Crippen molar-refractivity contribution in [3.63, 3.8) is 0 Å². The van der Waals surface area contributed by atoms with Gasteiger partial charge in [-0.25, -0.2) is 4.98 Å². The van der Waals surface area contributed by atoms with Gasteiger partial charge in [-0.15, -0.1) is 0 Å². The van der Waals surface area contributed by atoms with E-state index in [1.54, 1.807) is 0 Å². The fourth-order valence-electron chi connectivity index (χ4n) is 3.82. The summed E-state index contributed by atoms with van der Waals surface area (Å²) in [6.07, 6.45) is 4.00. The average Bonchev–Trinajstić information content (AvgIpc) is 3.03. The van der Waals surface area contributed by atoms with Crippen LogP contribution in [0.25, 0.3) is 10.8 Å². The highest BCUT2D eigenvalue weighted by Gasteiger charge is 2.25. The maximum atomic E-state index is 4.37. The topological polar surface area (TPSA) is 24.3 Å². The van der Waals surface area contributed by atoms with Crippen molar-refractivity contribution in [2.45, 2.75) is 19.1 Å². The summed E-state index contributed by atoms with van der Waals surface area (Å²) in [5.41, 5.74) is 2.72. The summed E-state index contributed by atoms with van der Waals surface area (Å²) in [6, 6.07) is 15.7. The van der Waals surface area contributed by atoms with Crippen LogP contribution in [0.4, 0.5) is 0 Å². The van der Waals surface area contributed by atoms with Gasteiger partial charge in [-0.1, -0.05) is 42.5 Å². The van der Waals surface area contributed by atoms with Gasteiger partial charge < -0.3 is 9.47 Å². The zero-order valence-corrected chi connectivity index (χ0v) is 14.4. The van der Waals surface area contributed by atoms with E-state index < -0.39 is 0 Å². The van der Waals surface area contributed by atoms with E-state index in [4.69, 9.17) is 0 Å². The molecule has 1 atom stereocenters. The molecule has 1 unspecified atom stereocenters. The van der Waals surface area contributed by atoms with Crippen molar-refractivity contribution in [1.29, 1.82) is 0 Å². The van der Waals surface area contributed by atoms with Crippen LogP contribution in [0.5, 0.6) is 0 Å². The molecule has 0 radical (unpaired) electrons. The largest absolute Gasteiger partial charge is 0.328 e. The molecule has 0 saturated carbocycles. The molecule has 4 heteroatoms. The molecule has 0 N–H and O–H groups in total. The first-order valence-corrected chi connectivity index (χ1v) is 8.55. The minimum Gasteiger partial charge on any atom is -0.328 e. The number of imidazole rings is 1. The molecule has 124 valence electrons. The van der Waals surface area contributed by atoms with Gasteiger partial charge >= 0.3 is 0 Å². The first-order chi connectivity index (χ1) is 11.7. The maximum Gasteiger partial charge on any atom is 0.0952 e. The normalized spacial score (nSPS) is 18.2. The van der Waals surface area contributed by atoms with Crippen molar-refractivity contribution in [2.75, 3.05) is 27.2 Å². The maximum absolute atomic E-state index is 4.37. The molecule has 0 bridgehead atoms. The van der Waals surface area contributed by atoms with E-state index in [9.17, 15) is 0 Å². The molecule has 1 aliphatic heterocycles. The van der Waals surface area contributed by atoms with Crippen LogP contribution >= 0.6 is 0 Å². The van der Waals surface area contributed by atoms with Gasteiger partial charge in [0.05, 0.1) is 18.1 Å². The second-order valence-corrected chi connectivity index (χ2v) is 7.02. The van der Waals surface area contributed by atoms with Crippen molar-refractivity contribution in [3.05, 3.63) is 66.2 Å². The standard InChI is InChI=1S/C20H24N4/c1-22(2)12-19-14-23(13-18-10-21-15-24(18)19)11-17-8-5-7-16-6-3-4-9-20(16)17/h3-10,15,19H,11-14H2,1-2H3. The Morgan fingerprint density at radius 2 is 1.96 bits per heavy atom. The van der Waals surface area contributed by atoms with E-state index in [-0.39, 0.29) is 0 Å². The lowest BCUT2D eigenvalue weighted by Crippen LogP contribution is -2.40. The summed E-state index contributed by atoms with van der Waals surface area (Å²) in [5.74, 6) is 0. The number of nitrogens with zero attached hydrogens (tertiary/aromatic N) is 4. The second-order valence-electron chi connectivity index (χ2n) is 7.02. The highest BCUT2D eigenvalue weighted by atomic mass is 15.3. The Kier molecular flexibility index (Phi) is 4.08. The minimum atomic E-state index is 0.459. The van der Waals surface area contributed by atoms with Gasteiger partial charge in [-0.05, 0) is 30.4 Å². The molecular formula is C20H24N4. The van der Waals surface area contributed by atoms with Gasteiger partial charge in [0.25, 0.3) is 0 Å². The molecule has 0 aliphatic carbocycles. The lowest BCUT2D eigenvalue weighted by Gasteiger charge is -2.36. The van der Waals surface area contributed by atoms with Crippen LogP contribution in [0, 0.1) is 0 Å². The summed E-state index contributed by atoms with van der Waals surface area (Å²) in [7, 11) is 4.28. The minimum absolute atomic E-state index is 0.459. The Labute approximate surface area is 143 Å². The van der Waals surface area contributed by atoms with Gasteiger partial charge in [0.2, 0.25) is 0 Å². The van der Waals surface area contributed by atoms with Crippen molar-refractivity contribution in [2.24, 2.45) is 0 Å². The molecule has 2 aromatic carbocycles. The van der Waals surface area contributed by atoms with Crippen LogP contribution in [0.3, 0.4) is 0 Å². The fraction of sp³-hybridized carbons (Fsp3) is 0.350.